The summed E-state index contributed by atoms with van der Waals surface area (Å²) in [6, 6.07) is 11.2. The van der Waals surface area contributed by atoms with E-state index in [9.17, 15) is 9.59 Å². The van der Waals surface area contributed by atoms with Gasteiger partial charge >= 0.3 is 5.97 Å². The molecule has 0 unspecified atom stereocenters. The third-order valence-electron chi connectivity index (χ3n) is 3.38. The fourth-order valence-electron chi connectivity index (χ4n) is 2.14. The summed E-state index contributed by atoms with van der Waals surface area (Å²) in [6.07, 6.45) is -0.0682. The zero-order valence-electron chi connectivity index (χ0n) is 14.4. The number of esters is 1. The summed E-state index contributed by atoms with van der Waals surface area (Å²) in [4.78, 5) is 24.0. The number of ether oxygens (including phenoxy) is 2. The first kappa shape index (κ1) is 20.6. The smallest absolute Gasteiger partial charge is 0.313 e. The third-order valence-corrected chi connectivity index (χ3v) is 3.91. The Morgan fingerprint density at radius 1 is 1.19 bits per heavy atom. The van der Waals surface area contributed by atoms with Crippen LogP contribution in [0, 0.1) is 11.3 Å². The van der Waals surface area contributed by atoms with Crippen LogP contribution >= 0.6 is 23.2 Å². The third kappa shape index (κ3) is 5.88. The molecule has 0 aliphatic carbocycles. The summed E-state index contributed by atoms with van der Waals surface area (Å²) >= 11 is 11.9. The van der Waals surface area contributed by atoms with Gasteiger partial charge in [0, 0.05) is 23.2 Å². The topological polar surface area (TPSA) is 88.4 Å². The van der Waals surface area contributed by atoms with Crippen molar-refractivity contribution in [1.82, 2.24) is 5.32 Å². The quantitative estimate of drug-likeness (QED) is 0.554. The van der Waals surface area contributed by atoms with Gasteiger partial charge in [0.25, 0.3) is 5.91 Å². The Bertz CT molecular complexity index is 877. The molecule has 2 aromatic rings. The van der Waals surface area contributed by atoms with E-state index in [-0.39, 0.29) is 35.4 Å². The van der Waals surface area contributed by atoms with E-state index in [2.05, 4.69) is 5.32 Å². The summed E-state index contributed by atoms with van der Waals surface area (Å²) in [5.41, 5.74) is 0.722. The van der Waals surface area contributed by atoms with Crippen LogP contribution in [-0.2, 0) is 4.79 Å². The lowest BCUT2D eigenvalue weighted by atomic mass is 10.2. The van der Waals surface area contributed by atoms with Gasteiger partial charge in [-0.2, -0.15) is 5.26 Å². The highest BCUT2D eigenvalue weighted by molar-refractivity contribution is 6.32. The average molecular weight is 407 g/mol. The normalized spacial score (nSPS) is 10.0. The average Bonchev–Trinajstić information content (AvgIpc) is 2.64. The lowest BCUT2D eigenvalue weighted by Gasteiger charge is -2.13. The molecule has 27 heavy (non-hydrogen) atoms. The number of rotatable bonds is 7. The van der Waals surface area contributed by atoms with Gasteiger partial charge in [0.15, 0.2) is 11.5 Å². The molecule has 8 heteroatoms. The van der Waals surface area contributed by atoms with Crippen LogP contribution in [0.4, 0.5) is 0 Å². The van der Waals surface area contributed by atoms with Crippen molar-refractivity contribution < 1.29 is 19.1 Å². The van der Waals surface area contributed by atoms with Crippen LogP contribution in [0.5, 0.6) is 11.5 Å². The van der Waals surface area contributed by atoms with Gasteiger partial charge in [-0.05, 0) is 37.3 Å². The summed E-state index contributed by atoms with van der Waals surface area (Å²) in [6.45, 7) is 2.15. The van der Waals surface area contributed by atoms with E-state index < -0.39 is 5.97 Å². The van der Waals surface area contributed by atoms with Crippen molar-refractivity contribution in [2.75, 3.05) is 13.2 Å². The SMILES string of the molecule is CCOc1cc(C#N)cc(Cl)c1OC(=O)CCNC(=O)c1ccc(Cl)cc1. The van der Waals surface area contributed by atoms with Crippen molar-refractivity contribution in [3.63, 3.8) is 0 Å². The molecule has 0 aliphatic heterocycles. The highest BCUT2D eigenvalue weighted by atomic mass is 35.5. The number of nitriles is 1. The van der Waals surface area contributed by atoms with Gasteiger partial charge in [0.2, 0.25) is 0 Å². The van der Waals surface area contributed by atoms with Gasteiger partial charge in [-0.25, -0.2) is 0 Å². The summed E-state index contributed by atoms with van der Waals surface area (Å²) in [5.74, 6) is -0.670. The van der Waals surface area contributed by atoms with Crippen LogP contribution in [0.2, 0.25) is 10.0 Å². The molecule has 2 rings (SSSR count). The highest BCUT2D eigenvalue weighted by Crippen LogP contribution is 2.36. The largest absolute Gasteiger partial charge is 0.490 e. The van der Waals surface area contributed by atoms with E-state index in [1.54, 1.807) is 31.2 Å². The summed E-state index contributed by atoms with van der Waals surface area (Å²) in [5, 5.41) is 12.2. The lowest BCUT2D eigenvalue weighted by molar-refractivity contribution is -0.134. The minimum Gasteiger partial charge on any atom is -0.490 e. The van der Waals surface area contributed by atoms with Gasteiger partial charge in [-0.3, -0.25) is 9.59 Å². The molecule has 2 aromatic carbocycles. The summed E-state index contributed by atoms with van der Waals surface area (Å²) < 4.78 is 10.6. The molecular formula is C19H16Cl2N2O4. The molecule has 1 amide bonds. The van der Waals surface area contributed by atoms with E-state index in [1.807, 2.05) is 6.07 Å². The van der Waals surface area contributed by atoms with E-state index in [0.29, 0.717) is 22.8 Å². The first-order valence-corrected chi connectivity index (χ1v) is 8.81. The van der Waals surface area contributed by atoms with Crippen molar-refractivity contribution in [2.24, 2.45) is 0 Å². The number of nitrogens with zero attached hydrogens (tertiary/aromatic N) is 1. The molecule has 0 fully saturated rings. The zero-order chi connectivity index (χ0) is 19.8. The Morgan fingerprint density at radius 3 is 2.52 bits per heavy atom. The fourth-order valence-corrected chi connectivity index (χ4v) is 2.52. The second kappa shape index (κ2) is 9.81. The molecule has 6 nitrogen and oxygen atoms in total. The Labute approximate surface area is 166 Å². The fraction of sp³-hybridized carbons (Fsp3) is 0.211. The predicted molar refractivity (Wildman–Crippen MR) is 101 cm³/mol. The number of halogens is 2. The molecule has 0 aliphatic rings. The molecule has 0 saturated heterocycles. The lowest BCUT2D eigenvalue weighted by Crippen LogP contribution is -2.27. The Balaban J connectivity index is 1.95. The van der Waals surface area contributed by atoms with E-state index in [4.69, 9.17) is 37.9 Å². The van der Waals surface area contributed by atoms with Crippen LogP contribution in [0.15, 0.2) is 36.4 Å². The second-order valence-corrected chi connectivity index (χ2v) is 6.16. The zero-order valence-corrected chi connectivity index (χ0v) is 15.9. The monoisotopic (exact) mass is 406 g/mol. The number of carbonyl (C=O) groups is 2. The van der Waals surface area contributed by atoms with Crippen LogP contribution in [0.3, 0.4) is 0 Å². The van der Waals surface area contributed by atoms with Crippen LogP contribution in [0.25, 0.3) is 0 Å². The maximum Gasteiger partial charge on any atom is 0.313 e. The molecule has 0 atom stereocenters. The van der Waals surface area contributed by atoms with Crippen molar-refractivity contribution in [3.8, 4) is 17.6 Å². The van der Waals surface area contributed by atoms with Crippen molar-refractivity contribution >= 4 is 35.1 Å². The van der Waals surface area contributed by atoms with Gasteiger partial charge in [0.1, 0.15) is 0 Å². The minimum atomic E-state index is -0.598. The maximum absolute atomic E-state index is 12.1. The van der Waals surface area contributed by atoms with Gasteiger partial charge < -0.3 is 14.8 Å². The minimum absolute atomic E-state index is 0.0477. The number of hydrogen-bond donors (Lipinski definition) is 1. The molecule has 140 valence electrons. The first-order chi connectivity index (χ1) is 12.9. The molecule has 0 bridgehead atoms. The Morgan fingerprint density at radius 2 is 1.89 bits per heavy atom. The molecule has 0 saturated carbocycles. The first-order valence-electron chi connectivity index (χ1n) is 8.05. The maximum atomic E-state index is 12.1. The molecule has 0 spiro atoms. The Hall–Kier alpha value is -2.75. The van der Waals surface area contributed by atoms with E-state index >= 15 is 0 Å². The van der Waals surface area contributed by atoms with Crippen molar-refractivity contribution in [3.05, 3.63) is 57.6 Å². The molecule has 0 heterocycles. The van der Waals surface area contributed by atoms with Crippen LogP contribution in [-0.4, -0.2) is 25.0 Å². The Kier molecular flexibility index (Phi) is 7.47. The highest BCUT2D eigenvalue weighted by Gasteiger charge is 2.16. The molecule has 0 aromatic heterocycles. The standard InChI is InChI=1S/C19H16Cl2N2O4/c1-2-26-16-10-12(11-22)9-15(21)18(16)27-17(24)7-8-23-19(25)13-3-5-14(20)6-4-13/h3-6,9-10H,2,7-8H2,1H3,(H,23,25). The number of hydrogen-bond acceptors (Lipinski definition) is 5. The molecule has 0 radical (unpaired) electrons. The van der Waals surface area contributed by atoms with Crippen molar-refractivity contribution in [2.45, 2.75) is 13.3 Å². The van der Waals surface area contributed by atoms with E-state index in [0.717, 1.165) is 0 Å². The van der Waals surface area contributed by atoms with Gasteiger partial charge in [0.05, 0.1) is 29.7 Å². The summed E-state index contributed by atoms with van der Waals surface area (Å²) in [7, 11) is 0. The predicted octanol–water partition coefficient (Wildman–Crippen LogP) is 3.99. The van der Waals surface area contributed by atoms with Crippen LogP contribution < -0.4 is 14.8 Å². The second-order valence-electron chi connectivity index (χ2n) is 5.32. The van der Waals surface area contributed by atoms with Crippen LogP contribution in [0.1, 0.15) is 29.3 Å². The van der Waals surface area contributed by atoms with Crippen molar-refractivity contribution in [1.29, 1.82) is 5.26 Å². The number of amides is 1. The molecular weight excluding hydrogens is 391 g/mol. The van der Waals surface area contributed by atoms with Gasteiger partial charge in [-0.1, -0.05) is 23.2 Å². The number of nitrogens with one attached hydrogen (secondary N) is 1. The number of carbonyl (C=O) groups excluding carboxylic acids is 2. The molecule has 1 N–H and O–H groups in total. The van der Waals surface area contributed by atoms with Gasteiger partial charge in [-0.15, -0.1) is 0 Å². The number of benzene rings is 2. The van der Waals surface area contributed by atoms with E-state index in [1.165, 1.54) is 12.1 Å².